The fraction of sp³-hybridized carbons (Fsp3) is 0. The highest BCUT2D eigenvalue weighted by atomic mass is 32.1. The number of thiophene rings is 1. The molecule has 0 atom stereocenters. The van der Waals surface area contributed by atoms with Crippen LogP contribution >= 0.6 is 11.3 Å². The quantitative estimate of drug-likeness (QED) is 0.158. The lowest BCUT2D eigenvalue weighted by molar-refractivity contribution is 1.31. The average Bonchev–Trinajstić information content (AvgIpc) is 3.69. The van der Waals surface area contributed by atoms with Crippen LogP contribution in [-0.4, -0.2) is 0 Å². The zero-order valence-electron chi connectivity index (χ0n) is 31.6. The van der Waals surface area contributed by atoms with Gasteiger partial charge in [-0.1, -0.05) is 164 Å². The van der Waals surface area contributed by atoms with E-state index in [-0.39, 0.29) is 0 Å². The molecule has 12 rings (SSSR count). The molecule has 1 nitrogen and oxygen atoms in total. The van der Waals surface area contributed by atoms with E-state index in [1.165, 1.54) is 102 Å². The van der Waals surface area contributed by atoms with Crippen molar-refractivity contribution in [1.29, 1.82) is 0 Å². The second kappa shape index (κ2) is 13.2. The van der Waals surface area contributed by atoms with Crippen LogP contribution in [0.2, 0.25) is 0 Å². The number of hydrogen-bond acceptors (Lipinski definition) is 2. The summed E-state index contributed by atoms with van der Waals surface area (Å²) in [6.45, 7) is 0. The molecule has 0 unspecified atom stereocenters. The number of benzene rings is 11. The van der Waals surface area contributed by atoms with Gasteiger partial charge in [-0.3, -0.25) is 0 Å². The Bertz CT molecular complexity index is 3580. The SMILES string of the molecule is c1ccc(-c2ccc3cc(N(c4ccc5ccc(-c6cc7ccccc7c7ccccc67)cc5c4)c4cccc5c4sc4c6ccccc6ccc54)ccc3c2)cc1. The Hall–Kier alpha value is -7.26. The molecule has 0 fully saturated rings. The van der Waals surface area contributed by atoms with Crippen molar-refractivity contribution in [1.82, 2.24) is 0 Å². The Morgan fingerprint density at radius 2 is 0.862 bits per heavy atom. The predicted molar refractivity (Wildman–Crippen MR) is 252 cm³/mol. The van der Waals surface area contributed by atoms with Gasteiger partial charge in [0.2, 0.25) is 0 Å². The third-order valence-electron chi connectivity index (χ3n) is 12.0. The van der Waals surface area contributed by atoms with E-state index >= 15 is 0 Å². The molecule has 0 aliphatic carbocycles. The molecule has 0 N–H and O–H groups in total. The molecule has 0 aliphatic rings. The highest BCUT2D eigenvalue weighted by molar-refractivity contribution is 7.27. The molecule has 0 radical (unpaired) electrons. The maximum atomic E-state index is 2.47. The molecule has 0 amide bonds. The second-order valence-corrected chi connectivity index (χ2v) is 16.3. The van der Waals surface area contributed by atoms with Crippen LogP contribution in [0.4, 0.5) is 17.1 Å². The van der Waals surface area contributed by atoms with Crippen LogP contribution in [-0.2, 0) is 0 Å². The topological polar surface area (TPSA) is 3.24 Å². The molecule has 11 aromatic carbocycles. The number of rotatable bonds is 5. The Labute approximate surface area is 340 Å². The third-order valence-corrected chi connectivity index (χ3v) is 13.2. The van der Waals surface area contributed by atoms with Crippen molar-refractivity contribution in [2.75, 3.05) is 4.90 Å². The van der Waals surface area contributed by atoms with E-state index in [9.17, 15) is 0 Å². The van der Waals surface area contributed by atoms with Crippen molar-refractivity contribution >= 4 is 102 Å². The lowest BCUT2D eigenvalue weighted by atomic mass is 9.92. The van der Waals surface area contributed by atoms with Gasteiger partial charge in [0.1, 0.15) is 0 Å². The fourth-order valence-corrected chi connectivity index (χ4v) is 10.5. The van der Waals surface area contributed by atoms with E-state index in [0.717, 1.165) is 11.4 Å². The van der Waals surface area contributed by atoms with Crippen molar-refractivity contribution in [2.24, 2.45) is 0 Å². The summed E-state index contributed by atoms with van der Waals surface area (Å²) in [5.74, 6) is 0. The van der Waals surface area contributed by atoms with E-state index in [2.05, 4.69) is 217 Å². The lowest BCUT2D eigenvalue weighted by Gasteiger charge is -2.27. The van der Waals surface area contributed by atoms with Crippen LogP contribution in [0.15, 0.2) is 212 Å². The van der Waals surface area contributed by atoms with E-state index in [1.807, 2.05) is 11.3 Å². The van der Waals surface area contributed by atoms with Crippen molar-refractivity contribution < 1.29 is 0 Å². The smallest absolute Gasteiger partial charge is 0.0640 e. The average molecular weight is 754 g/mol. The van der Waals surface area contributed by atoms with Crippen molar-refractivity contribution in [2.45, 2.75) is 0 Å². The Morgan fingerprint density at radius 3 is 1.72 bits per heavy atom. The van der Waals surface area contributed by atoms with Gasteiger partial charge in [-0.15, -0.1) is 11.3 Å². The summed E-state index contributed by atoms with van der Waals surface area (Å²) < 4.78 is 2.61. The Balaban J connectivity index is 1.07. The molecular weight excluding hydrogens is 719 g/mol. The third kappa shape index (κ3) is 5.30. The standard InChI is InChI=1S/C56H35NS/c1-2-11-36(12-3-1)39-22-23-41-33-45(29-26-40(41)31-39)57(54-20-10-19-51-52-30-27-38-13-4-7-16-48(38)55(52)58-56(51)54)46-28-25-37-21-24-43(32-44(37)34-46)53-35-42-14-5-6-15-47(42)49-17-8-9-18-50(49)53/h1-35H. The minimum absolute atomic E-state index is 1.13. The van der Waals surface area contributed by atoms with Gasteiger partial charge in [-0.05, 0) is 125 Å². The van der Waals surface area contributed by atoms with Crippen LogP contribution in [0, 0.1) is 0 Å². The van der Waals surface area contributed by atoms with Crippen LogP contribution in [0.1, 0.15) is 0 Å². The highest BCUT2D eigenvalue weighted by Crippen LogP contribution is 2.47. The van der Waals surface area contributed by atoms with Gasteiger partial charge in [0.05, 0.1) is 10.4 Å². The van der Waals surface area contributed by atoms with E-state index in [0.29, 0.717) is 0 Å². The van der Waals surface area contributed by atoms with Gasteiger partial charge in [-0.25, -0.2) is 0 Å². The first-order valence-electron chi connectivity index (χ1n) is 19.9. The molecule has 0 saturated carbocycles. The van der Waals surface area contributed by atoms with E-state index < -0.39 is 0 Å². The summed E-state index contributed by atoms with van der Waals surface area (Å²) >= 11 is 1.90. The monoisotopic (exact) mass is 753 g/mol. The van der Waals surface area contributed by atoms with E-state index in [4.69, 9.17) is 0 Å². The number of fused-ring (bicyclic) bond motifs is 10. The minimum Gasteiger partial charge on any atom is -0.309 e. The molecule has 1 aromatic heterocycles. The highest BCUT2D eigenvalue weighted by Gasteiger charge is 2.20. The molecule has 0 aliphatic heterocycles. The van der Waals surface area contributed by atoms with Crippen molar-refractivity contribution in [3.05, 3.63) is 212 Å². The van der Waals surface area contributed by atoms with Gasteiger partial charge in [0.25, 0.3) is 0 Å². The fourth-order valence-electron chi connectivity index (χ4n) is 9.13. The zero-order chi connectivity index (χ0) is 38.2. The van der Waals surface area contributed by atoms with Crippen LogP contribution in [0.5, 0.6) is 0 Å². The summed E-state index contributed by atoms with van der Waals surface area (Å²) in [5, 5.41) is 15.1. The maximum absolute atomic E-state index is 2.47. The van der Waals surface area contributed by atoms with Crippen LogP contribution < -0.4 is 4.90 Å². The largest absolute Gasteiger partial charge is 0.309 e. The number of anilines is 3. The van der Waals surface area contributed by atoms with Gasteiger partial charge in [0, 0.05) is 26.8 Å². The van der Waals surface area contributed by atoms with Gasteiger partial charge < -0.3 is 4.90 Å². The molecule has 1 heterocycles. The molecular formula is C56H35NS. The summed E-state index contributed by atoms with van der Waals surface area (Å²) in [5.41, 5.74) is 8.37. The van der Waals surface area contributed by atoms with Gasteiger partial charge >= 0.3 is 0 Å². The van der Waals surface area contributed by atoms with Gasteiger partial charge in [0.15, 0.2) is 0 Å². The molecule has 270 valence electrons. The summed E-state index contributed by atoms with van der Waals surface area (Å²) in [6.07, 6.45) is 0. The molecule has 58 heavy (non-hydrogen) atoms. The van der Waals surface area contributed by atoms with Crippen LogP contribution in [0.25, 0.3) is 96.3 Å². The van der Waals surface area contributed by atoms with Crippen LogP contribution in [0.3, 0.4) is 0 Å². The summed E-state index contributed by atoms with van der Waals surface area (Å²) in [4.78, 5) is 2.47. The molecule has 0 bridgehead atoms. The first-order valence-corrected chi connectivity index (χ1v) is 20.7. The van der Waals surface area contributed by atoms with Crippen molar-refractivity contribution in [3.8, 4) is 22.3 Å². The molecule has 2 heteroatoms. The second-order valence-electron chi connectivity index (χ2n) is 15.3. The Kier molecular flexibility index (Phi) is 7.47. The lowest BCUT2D eigenvalue weighted by Crippen LogP contribution is -2.10. The molecule has 12 aromatic rings. The first kappa shape index (κ1) is 32.9. The Morgan fingerprint density at radius 1 is 0.276 bits per heavy atom. The first-order chi connectivity index (χ1) is 28.7. The number of hydrogen-bond donors (Lipinski definition) is 0. The summed E-state index contributed by atoms with van der Waals surface area (Å²) in [7, 11) is 0. The zero-order valence-corrected chi connectivity index (χ0v) is 32.4. The minimum atomic E-state index is 1.13. The normalized spacial score (nSPS) is 11.8. The van der Waals surface area contributed by atoms with Gasteiger partial charge in [-0.2, -0.15) is 0 Å². The molecule has 0 saturated heterocycles. The number of nitrogens with zero attached hydrogens (tertiary/aromatic N) is 1. The summed E-state index contributed by atoms with van der Waals surface area (Å²) in [6, 6.07) is 78.3. The predicted octanol–water partition coefficient (Wildman–Crippen LogP) is 16.6. The van der Waals surface area contributed by atoms with E-state index in [1.54, 1.807) is 0 Å². The molecule has 0 spiro atoms. The maximum Gasteiger partial charge on any atom is 0.0640 e. The van der Waals surface area contributed by atoms with Crippen molar-refractivity contribution in [3.63, 3.8) is 0 Å².